The molecule has 5 nitrogen and oxygen atoms in total. The first kappa shape index (κ1) is 17.8. The topological polar surface area (TPSA) is 71.5 Å². The number of nitrogens with zero attached hydrogens (tertiary/aromatic N) is 1. The second kappa shape index (κ2) is 7.93. The van der Waals surface area contributed by atoms with E-state index in [0.29, 0.717) is 28.6 Å². The molecule has 132 valence electrons. The number of aliphatic hydroxyl groups excluding tert-OH is 1. The molecule has 1 heterocycles. The highest BCUT2D eigenvalue weighted by Crippen LogP contribution is 2.31. The Bertz CT molecular complexity index is 764. The van der Waals surface area contributed by atoms with E-state index in [1.54, 1.807) is 12.1 Å². The molecule has 1 saturated carbocycles. The van der Waals surface area contributed by atoms with Gasteiger partial charge in [0, 0.05) is 12.2 Å². The van der Waals surface area contributed by atoms with E-state index in [-0.39, 0.29) is 23.9 Å². The molecule has 2 aromatic rings. The van der Waals surface area contributed by atoms with Crippen LogP contribution in [0.1, 0.15) is 36.0 Å². The van der Waals surface area contributed by atoms with Crippen LogP contribution in [0.3, 0.4) is 0 Å². The lowest BCUT2D eigenvalue weighted by Crippen LogP contribution is -2.38. The molecule has 0 atom stereocenters. The standard InChI is InChI=1S/C18H18BrFN2O3/c19-15-10-11(20)3-8-16(15)25-18-14(2-1-9-21-18)17(24)22-12-4-6-13(23)7-5-12/h1-3,8-10,12-13,23H,4-7H2,(H,22,24). The highest BCUT2D eigenvalue weighted by molar-refractivity contribution is 9.10. The zero-order valence-electron chi connectivity index (χ0n) is 13.4. The summed E-state index contributed by atoms with van der Waals surface area (Å²) >= 11 is 3.23. The van der Waals surface area contributed by atoms with E-state index in [9.17, 15) is 14.3 Å². The molecule has 2 N–H and O–H groups in total. The third kappa shape index (κ3) is 4.55. The van der Waals surface area contributed by atoms with Crippen LogP contribution in [0.25, 0.3) is 0 Å². The van der Waals surface area contributed by atoms with E-state index in [1.807, 2.05) is 0 Å². The van der Waals surface area contributed by atoms with Crippen molar-refractivity contribution in [3.8, 4) is 11.6 Å². The number of pyridine rings is 1. The average Bonchev–Trinajstić information content (AvgIpc) is 2.60. The van der Waals surface area contributed by atoms with Crippen LogP contribution >= 0.6 is 15.9 Å². The number of amides is 1. The summed E-state index contributed by atoms with van der Waals surface area (Å²) in [5, 5.41) is 12.5. The smallest absolute Gasteiger partial charge is 0.257 e. The molecular formula is C18H18BrFN2O3. The summed E-state index contributed by atoms with van der Waals surface area (Å²) in [4.78, 5) is 16.7. The van der Waals surface area contributed by atoms with E-state index in [4.69, 9.17) is 4.74 Å². The number of hydrogen-bond acceptors (Lipinski definition) is 4. The molecule has 1 aliphatic carbocycles. The quantitative estimate of drug-likeness (QED) is 0.806. The van der Waals surface area contributed by atoms with Crippen molar-refractivity contribution >= 4 is 21.8 Å². The van der Waals surface area contributed by atoms with Crippen LogP contribution in [0.4, 0.5) is 4.39 Å². The van der Waals surface area contributed by atoms with E-state index in [1.165, 1.54) is 24.4 Å². The van der Waals surface area contributed by atoms with Gasteiger partial charge in [-0.15, -0.1) is 0 Å². The van der Waals surface area contributed by atoms with Gasteiger partial charge in [0.15, 0.2) is 0 Å². The maximum Gasteiger partial charge on any atom is 0.257 e. The minimum Gasteiger partial charge on any atom is -0.437 e. The van der Waals surface area contributed by atoms with Crippen LogP contribution in [-0.2, 0) is 0 Å². The molecule has 0 spiro atoms. The molecule has 0 saturated heterocycles. The van der Waals surface area contributed by atoms with Crippen LogP contribution in [0, 0.1) is 5.82 Å². The molecule has 1 aromatic carbocycles. The zero-order chi connectivity index (χ0) is 17.8. The third-order valence-corrected chi connectivity index (χ3v) is 4.77. The van der Waals surface area contributed by atoms with E-state index in [2.05, 4.69) is 26.2 Å². The Morgan fingerprint density at radius 3 is 2.76 bits per heavy atom. The third-order valence-electron chi connectivity index (χ3n) is 4.15. The molecule has 25 heavy (non-hydrogen) atoms. The van der Waals surface area contributed by atoms with E-state index < -0.39 is 5.82 Å². The van der Waals surface area contributed by atoms with Crippen molar-refractivity contribution in [2.75, 3.05) is 0 Å². The lowest BCUT2D eigenvalue weighted by Gasteiger charge is -2.26. The molecule has 0 radical (unpaired) electrons. The molecular weight excluding hydrogens is 391 g/mol. The zero-order valence-corrected chi connectivity index (χ0v) is 15.0. The van der Waals surface area contributed by atoms with Crippen molar-refractivity contribution < 1.29 is 19.0 Å². The van der Waals surface area contributed by atoms with Gasteiger partial charge in [-0.05, 0) is 71.9 Å². The summed E-state index contributed by atoms with van der Waals surface area (Å²) in [7, 11) is 0. The van der Waals surface area contributed by atoms with Gasteiger partial charge in [-0.1, -0.05) is 0 Å². The fourth-order valence-electron chi connectivity index (χ4n) is 2.79. The maximum absolute atomic E-state index is 13.2. The maximum atomic E-state index is 13.2. The van der Waals surface area contributed by atoms with Crippen molar-refractivity contribution in [1.29, 1.82) is 0 Å². The van der Waals surface area contributed by atoms with Crippen molar-refractivity contribution in [2.24, 2.45) is 0 Å². The van der Waals surface area contributed by atoms with Gasteiger partial charge in [0.25, 0.3) is 5.91 Å². The summed E-state index contributed by atoms with van der Waals surface area (Å²) in [6, 6.07) is 7.35. The summed E-state index contributed by atoms with van der Waals surface area (Å²) in [5.41, 5.74) is 0.310. The Morgan fingerprint density at radius 1 is 1.28 bits per heavy atom. The van der Waals surface area contributed by atoms with Crippen molar-refractivity contribution in [1.82, 2.24) is 10.3 Å². The SMILES string of the molecule is O=C(NC1CCC(O)CC1)c1cccnc1Oc1ccc(F)cc1Br. The normalized spacial score (nSPS) is 20.1. The summed E-state index contributed by atoms with van der Waals surface area (Å²) < 4.78 is 19.3. The number of aromatic nitrogens is 1. The van der Waals surface area contributed by atoms with Crippen molar-refractivity contribution in [3.63, 3.8) is 0 Å². The van der Waals surface area contributed by atoms with Gasteiger partial charge in [-0.25, -0.2) is 9.37 Å². The molecule has 1 fully saturated rings. The van der Waals surface area contributed by atoms with Gasteiger partial charge >= 0.3 is 0 Å². The number of rotatable bonds is 4. The molecule has 1 aromatic heterocycles. The Labute approximate surface area is 153 Å². The highest BCUT2D eigenvalue weighted by Gasteiger charge is 2.23. The molecule has 1 amide bonds. The summed E-state index contributed by atoms with van der Waals surface area (Å²) in [6.07, 6.45) is 4.11. The van der Waals surface area contributed by atoms with E-state index in [0.717, 1.165) is 12.8 Å². The Balaban J connectivity index is 1.75. The highest BCUT2D eigenvalue weighted by atomic mass is 79.9. The van der Waals surface area contributed by atoms with Crippen LogP contribution in [0.15, 0.2) is 41.0 Å². The van der Waals surface area contributed by atoms with Crippen molar-refractivity contribution in [2.45, 2.75) is 37.8 Å². The van der Waals surface area contributed by atoms with Gasteiger partial charge < -0.3 is 15.2 Å². The first-order chi connectivity index (χ1) is 12.0. The summed E-state index contributed by atoms with van der Waals surface area (Å²) in [5.74, 6) is -0.140. The Hall–Kier alpha value is -1.99. The number of carbonyl (C=O) groups is 1. The Kier molecular flexibility index (Phi) is 5.65. The largest absolute Gasteiger partial charge is 0.437 e. The number of hydrogen-bond donors (Lipinski definition) is 2. The van der Waals surface area contributed by atoms with Gasteiger partial charge in [0.2, 0.25) is 5.88 Å². The fraction of sp³-hybridized carbons (Fsp3) is 0.333. The van der Waals surface area contributed by atoms with Gasteiger partial charge in [0.05, 0.1) is 10.6 Å². The summed E-state index contributed by atoms with van der Waals surface area (Å²) in [6.45, 7) is 0. The molecule has 0 aliphatic heterocycles. The minimum atomic E-state index is -0.391. The number of aliphatic hydroxyl groups is 1. The van der Waals surface area contributed by atoms with Crippen LogP contribution in [0.5, 0.6) is 11.6 Å². The molecule has 0 unspecified atom stereocenters. The number of halogens is 2. The van der Waals surface area contributed by atoms with Crippen LogP contribution < -0.4 is 10.1 Å². The van der Waals surface area contributed by atoms with Gasteiger partial charge in [0.1, 0.15) is 17.1 Å². The molecule has 7 heteroatoms. The second-order valence-electron chi connectivity index (χ2n) is 6.01. The first-order valence-electron chi connectivity index (χ1n) is 8.10. The number of ether oxygens (including phenoxy) is 1. The van der Waals surface area contributed by atoms with Crippen molar-refractivity contribution in [3.05, 3.63) is 52.4 Å². The van der Waals surface area contributed by atoms with Crippen LogP contribution in [0.2, 0.25) is 0 Å². The monoisotopic (exact) mass is 408 g/mol. The number of nitrogens with one attached hydrogen (secondary N) is 1. The number of carbonyl (C=O) groups excluding carboxylic acids is 1. The predicted octanol–water partition coefficient (Wildman–Crippen LogP) is 3.81. The van der Waals surface area contributed by atoms with Crippen LogP contribution in [-0.4, -0.2) is 28.1 Å². The fourth-order valence-corrected chi connectivity index (χ4v) is 3.22. The van der Waals surface area contributed by atoms with Gasteiger partial charge in [-0.3, -0.25) is 4.79 Å². The van der Waals surface area contributed by atoms with E-state index >= 15 is 0 Å². The lowest BCUT2D eigenvalue weighted by molar-refractivity contribution is 0.0865. The Morgan fingerprint density at radius 2 is 2.04 bits per heavy atom. The predicted molar refractivity (Wildman–Crippen MR) is 94.1 cm³/mol. The van der Waals surface area contributed by atoms with Gasteiger partial charge in [-0.2, -0.15) is 0 Å². The molecule has 1 aliphatic rings. The molecule has 3 rings (SSSR count). The first-order valence-corrected chi connectivity index (χ1v) is 8.89. The minimum absolute atomic E-state index is 0.0292. The second-order valence-corrected chi connectivity index (χ2v) is 6.87. The number of benzene rings is 1. The average molecular weight is 409 g/mol. The molecule has 0 bridgehead atoms. The lowest BCUT2D eigenvalue weighted by atomic mass is 9.93.